The molecule has 0 N–H and O–H groups in total. The first-order valence-electron chi connectivity index (χ1n) is 7.65. The topological polar surface area (TPSA) is 114 Å². The summed E-state index contributed by atoms with van der Waals surface area (Å²) in [5, 5.41) is 29.6. The molecule has 0 spiro atoms. The SMILES string of the molecule is CCN(CC)c1ccc(N=Nc2ccc([N+](=O)[O-])cc2[N+](=O)[O-])cc1. The molecule has 9 heteroatoms. The van der Waals surface area contributed by atoms with Gasteiger partial charge in [0.15, 0.2) is 5.69 Å². The van der Waals surface area contributed by atoms with Crippen LogP contribution >= 0.6 is 0 Å². The molecule has 0 saturated carbocycles. The van der Waals surface area contributed by atoms with Gasteiger partial charge in [-0.1, -0.05) is 0 Å². The molecule has 2 rings (SSSR count). The first-order chi connectivity index (χ1) is 12.0. The van der Waals surface area contributed by atoms with Crippen LogP contribution in [0.3, 0.4) is 0 Å². The van der Waals surface area contributed by atoms with E-state index in [0.29, 0.717) is 5.69 Å². The molecule has 0 aliphatic carbocycles. The number of nitrogens with zero attached hydrogens (tertiary/aromatic N) is 5. The lowest BCUT2D eigenvalue weighted by molar-refractivity contribution is -0.393. The van der Waals surface area contributed by atoms with E-state index >= 15 is 0 Å². The minimum absolute atomic E-state index is 0.0385. The minimum atomic E-state index is -0.717. The molecule has 9 nitrogen and oxygen atoms in total. The quantitative estimate of drug-likeness (QED) is 0.408. The predicted octanol–water partition coefficient (Wildman–Crippen LogP) is 4.76. The van der Waals surface area contributed by atoms with Crippen LogP contribution in [0.15, 0.2) is 52.7 Å². The van der Waals surface area contributed by atoms with Crippen LogP contribution in [0.5, 0.6) is 0 Å². The maximum atomic E-state index is 11.1. The van der Waals surface area contributed by atoms with Crippen molar-refractivity contribution in [2.45, 2.75) is 13.8 Å². The van der Waals surface area contributed by atoms with Gasteiger partial charge in [0, 0.05) is 24.8 Å². The number of non-ortho nitro benzene ring substituents is 1. The molecule has 130 valence electrons. The summed E-state index contributed by atoms with van der Waals surface area (Å²) in [6.07, 6.45) is 0. The van der Waals surface area contributed by atoms with Crippen LogP contribution < -0.4 is 4.90 Å². The van der Waals surface area contributed by atoms with Gasteiger partial charge in [0.05, 0.1) is 21.6 Å². The largest absolute Gasteiger partial charge is 0.372 e. The van der Waals surface area contributed by atoms with Crippen LogP contribution in [0.4, 0.5) is 28.4 Å². The maximum Gasteiger partial charge on any atom is 0.303 e. The maximum absolute atomic E-state index is 11.1. The van der Waals surface area contributed by atoms with E-state index in [1.54, 1.807) is 12.1 Å². The van der Waals surface area contributed by atoms with Crippen molar-refractivity contribution in [3.63, 3.8) is 0 Å². The van der Waals surface area contributed by atoms with Gasteiger partial charge in [0.2, 0.25) is 0 Å². The highest BCUT2D eigenvalue weighted by Gasteiger charge is 2.19. The van der Waals surface area contributed by atoms with E-state index in [2.05, 4.69) is 29.0 Å². The Labute approximate surface area is 143 Å². The Morgan fingerprint density at radius 1 is 0.920 bits per heavy atom. The fraction of sp³-hybridized carbons (Fsp3) is 0.250. The van der Waals surface area contributed by atoms with Gasteiger partial charge in [-0.15, -0.1) is 5.11 Å². The van der Waals surface area contributed by atoms with Gasteiger partial charge in [-0.25, -0.2) is 0 Å². The zero-order chi connectivity index (χ0) is 18.4. The van der Waals surface area contributed by atoms with Crippen molar-refractivity contribution in [2.24, 2.45) is 10.2 Å². The molecule has 0 aliphatic heterocycles. The van der Waals surface area contributed by atoms with Gasteiger partial charge in [0.1, 0.15) is 0 Å². The van der Waals surface area contributed by atoms with Crippen LogP contribution in [0.25, 0.3) is 0 Å². The van der Waals surface area contributed by atoms with Crippen LogP contribution in [0.2, 0.25) is 0 Å². The Bertz CT molecular complexity index is 801. The average Bonchev–Trinajstić information content (AvgIpc) is 2.61. The molecule has 0 amide bonds. The van der Waals surface area contributed by atoms with Crippen molar-refractivity contribution in [1.82, 2.24) is 0 Å². The highest BCUT2D eigenvalue weighted by atomic mass is 16.6. The van der Waals surface area contributed by atoms with Crippen LogP contribution in [0.1, 0.15) is 13.8 Å². The molecule has 0 fully saturated rings. The molecule has 2 aromatic rings. The van der Waals surface area contributed by atoms with Gasteiger partial charge in [0.25, 0.3) is 5.69 Å². The van der Waals surface area contributed by atoms with E-state index in [1.807, 2.05) is 12.1 Å². The molecule has 25 heavy (non-hydrogen) atoms. The molecule has 0 aromatic heterocycles. The second-order valence-electron chi connectivity index (χ2n) is 5.08. The fourth-order valence-corrected chi connectivity index (χ4v) is 2.29. The number of rotatable bonds is 7. The third kappa shape index (κ3) is 4.34. The van der Waals surface area contributed by atoms with Gasteiger partial charge >= 0.3 is 5.69 Å². The summed E-state index contributed by atoms with van der Waals surface area (Å²) in [4.78, 5) is 22.6. The number of nitro benzene ring substituents is 2. The fourth-order valence-electron chi connectivity index (χ4n) is 2.29. The molecule has 0 saturated heterocycles. The van der Waals surface area contributed by atoms with Crippen molar-refractivity contribution in [1.29, 1.82) is 0 Å². The van der Waals surface area contributed by atoms with Crippen molar-refractivity contribution >= 4 is 28.4 Å². The molecular formula is C16H17N5O4. The lowest BCUT2D eigenvalue weighted by Gasteiger charge is -2.20. The first kappa shape index (κ1) is 18.0. The standard InChI is InChI=1S/C16H17N5O4/c1-3-19(4-2)13-7-5-12(6-8-13)17-18-15-10-9-14(20(22)23)11-16(15)21(24)25/h5-11H,3-4H2,1-2H3. The Morgan fingerprint density at radius 3 is 2.08 bits per heavy atom. The second-order valence-corrected chi connectivity index (χ2v) is 5.08. The number of hydrogen-bond donors (Lipinski definition) is 0. The molecular weight excluding hydrogens is 326 g/mol. The Morgan fingerprint density at radius 2 is 1.56 bits per heavy atom. The molecule has 0 unspecified atom stereocenters. The summed E-state index contributed by atoms with van der Waals surface area (Å²) in [6.45, 7) is 5.88. The zero-order valence-corrected chi connectivity index (χ0v) is 13.8. The molecule has 2 aromatic carbocycles. The number of azo groups is 1. The third-order valence-corrected chi connectivity index (χ3v) is 3.62. The lowest BCUT2D eigenvalue weighted by Crippen LogP contribution is -2.21. The number of benzene rings is 2. The highest BCUT2D eigenvalue weighted by Crippen LogP contribution is 2.32. The average molecular weight is 343 g/mol. The molecule has 0 heterocycles. The van der Waals surface area contributed by atoms with E-state index in [4.69, 9.17) is 0 Å². The van der Waals surface area contributed by atoms with Crippen LogP contribution in [0, 0.1) is 20.2 Å². The van der Waals surface area contributed by atoms with Crippen LogP contribution in [-0.2, 0) is 0 Å². The normalized spacial score (nSPS) is 10.8. The van der Waals surface area contributed by atoms with Gasteiger partial charge in [-0.05, 0) is 44.2 Å². The summed E-state index contributed by atoms with van der Waals surface area (Å²) in [6, 6.07) is 10.5. The Hall–Kier alpha value is -3.36. The second kappa shape index (κ2) is 7.95. The van der Waals surface area contributed by atoms with Crippen molar-refractivity contribution < 1.29 is 9.85 Å². The van der Waals surface area contributed by atoms with E-state index in [0.717, 1.165) is 30.9 Å². The van der Waals surface area contributed by atoms with Crippen molar-refractivity contribution in [2.75, 3.05) is 18.0 Å². The third-order valence-electron chi connectivity index (χ3n) is 3.62. The van der Waals surface area contributed by atoms with Crippen LogP contribution in [-0.4, -0.2) is 22.9 Å². The summed E-state index contributed by atoms with van der Waals surface area (Å²) < 4.78 is 0. The smallest absolute Gasteiger partial charge is 0.303 e. The monoisotopic (exact) mass is 343 g/mol. The number of anilines is 1. The number of nitro groups is 2. The summed E-state index contributed by atoms with van der Waals surface area (Å²) in [5.74, 6) is 0. The van der Waals surface area contributed by atoms with Gasteiger partial charge in [-0.2, -0.15) is 5.11 Å². The highest BCUT2D eigenvalue weighted by molar-refractivity contribution is 5.62. The van der Waals surface area contributed by atoms with E-state index < -0.39 is 15.5 Å². The van der Waals surface area contributed by atoms with E-state index in [1.165, 1.54) is 6.07 Å². The Kier molecular flexibility index (Phi) is 5.72. The van der Waals surface area contributed by atoms with Gasteiger partial charge in [-0.3, -0.25) is 20.2 Å². The molecule has 0 aliphatic rings. The Balaban J connectivity index is 2.27. The zero-order valence-electron chi connectivity index (χ0n) is 13.8. The summed E-state index contributed by atoms with van der Waals surface area (Å²) >= 11 is 0. The van der Waals surface area contributed by atoms with E-state index in [-0.39, 0.29) is 11.4 Å². The molecule has 0 atom stereocenters. The number of hydrogen-bond acceptors (Lipinski definition) is 7. The molecule has 0 bridgehead atoms. The van der Waals surface area contributed by atoms with Gasteiger partial charge < -0.3 is 4.90 Å². The first-order valence-corrected chi connectivity index (χ1v) is 7.65. The van der Waals surface area contributed by atoms with Crippen molar-refractivity contribution in [3.05, 3.63) is 62.7 Å². The predicted molar refractivity (Wildman–Crippen MR) is 93.9 cm³/mol. The van der Waals surface area contributed by atoms with Crippen molar-refractivity contribution in [3.8, 4) is 0 Å². The van der Waals surface area contributed by atoms with E-state index in [9.17, 15) is 20.2 Å². The summed E-state index contributed by atoms with van der Waals surface area (Å²) in [7, 11) is 0. The molecule has 0 radical (unpaired) electrons. The summed E-state index contributed by atoms with van der Waals surface area (Å²) in [5.41, 5.74) is 0.712. The lowest BCUT2D eigenvalue weighted by atomic mass is 10.2. The minimum Gasteiger partial charge on any atom is -0.372 e.